The van der Waals surface area contributed by atoms with E-state index in [-0.39, 0.29) is 17.7 Å². The highest BCUT2D eigenvalue weighted by Gasteiger charge is 2.11. The van der Waals surface area contributed by atoms with E-state index in [1.54, 1.807) is 24.4 Å². The molecule has 4 nitrogen and oxygen atoms in total. The summed E-state index contributed by atoms with van der Waals surface area (Å²) in [6.45, 7) is 4.38. The maximum absolute atomic E-state index is 6.27. The van der Waals surface area contributed by atoms with E-state index in [2.05, 4.69) is 11.7 Å². The van der Waals surface area contributed by atoms with Crippen molar-refractivity contribution in [1.29, 1.82) is 0 Å². The first-order valence-corrected chi connectivity index (χ1v) is 9.61. The fraction of sp³-hybridized carbons (Fsp3) is 0.150. The van der Waals surface area contributed by atoms with Crippen molar-refractivity contribution in [3.63, 3.8) is 0 Å². The van der Waals surface area contributed by atoms with Gasteiger partial charge in [-0.1, -0.05) is 82.4 Å². The van der Waals surface area contributed by atoms with Crippen LogP contribution in [0.2, 0.25) is 10.0 Å². The second-order valence-corrected chi connectivity index (χ2v) is 7.20. The molecule has 148 valence electrons. The molecule has 0 aliphatic heterocycles. The maximum atomic E-state index is 6.27. The van der Waals surface area contributed by atoms with E-state index in [1.165, 1.54) is 6.08 Å². The van der Waals surface area contributed by atoms with Crippen LogP contribution in [0.15, 0.2) is 64.8 Å². The van der Waals surface area contributed by atoms with Gasteiger partial charge in [-0.15, -0.1) is 0 Å². The van der Waals surface area contributed by atoms with Crippen molar-refractivity contribution in [2.75, 3.05) is 13.2 Å². The molecular formula is C20H17Cl4NO3. The zero-order valence-electron chi connectivity index (χ0n) is 14.7. The van der Waals surface area contributed by atoms with Crippen molar-refractivity contribution in [1.82, 2.24) is 0 Å². The smallest absolute Gasteiger partial charge is 0.157 e. The lowest BCUT2D eigenvalue weighted by Crippen LogP contribution is -1.99. The monoisotopic (exact) mass is 459 g/mol. The van der Waals surface area contributed by atoms with Crippen molar-refractivity contribution in [3.8, 4) is 11.5 Å². The van der Waals surface area contributed by atoms with E-state index in [4.69, 9.17) is 60.7 Å². The normalized spacial score (nSPS) is 10.6. The number of oxime groups is 1. The van der Waals surface area contributed by atoms with Crippen molar-refractivity contribution in [2.24, 2.45) is 5.16 Å². The largest absolute Gasteiger partial charge is 0.489 e. The zero-order valence-corrected chi connectivity index (χ0v) is 17.7. The zero-order chi connectivity index (χ0) is 20.4. The summed E-state index contributed by atoms with van der Waals surface area (Å²) in [5.41, 5.74) is 1.79. The predicted molar refractivity (Wildman–Crippen MR) is 116 cm³/mol. The number of nitrogens with zero attached hydrogens (tertiary/aromatic N) is 1. The molecule has 28 heavy (non-hydrogen) atoms. The van der Waals surface area contributed by atoms with Crippen LogP contribution in [0.5, 0.6) is 11.5 Å². The lowest BCUT2D eigenvalue weighted by Gasteiger charge is -2.12. The van der Waals surface area contributed by atoms with Crippen LogP contribution in [-0.4, -0.2) is 19.4 Å². The number of benzene rings is 2. The van der Waals surface area contributed by atoms with Crippen LogP contribution < -0.4 is 9.47 Å². The molecule has 2 rings (SSSR count). The fourth-order valence-corrected chi connectivity index (χ4v) is 2.77. The van der Waals surface area contributed by atoms with E-state index < -0.39 is 0 Å². The van der Waals surface area contributed by atoms with E-state index in [1.807, 2.05) is 24.3 Å². The van der Waals surface area contributed by atoms with Crippen LogP contribution in [0.1, 0.15) is 11.1 Å². The third-order valence-corrected chi connectivity index (χ3v) is 4.13. The van der Waals surface area contributed by atoms with E-state index in [0.29, 0.717) is 28.2 Å². The van der Waals surface area contributed by atoms with Crippen molar-refractivity contribution in [3.05, 3.63) is 80.8 Å². The molecule has 0 unspecified atom stereocenters. The summed E-state index contributed by atoms with van der Waals surface area (Å²) < 4.78 is 11.4. The lowest BCUT2D eigenvalue weighted by atomic mass is 10.1. The predicted octanol–water partition coefficient (Wildman–Crippen LogP) is 6.81. The molecule has 2 aromatic rings. The van der Waals surface area contributed by atoms with Gasteiger partial charge in [-0.25, -0.2) is 0 Å². The van der Waals surface area contributed by atoms with Crippen LogP contribution in [0.3, 0.4) is 0 Å². The van der Waals surface area contributed by atoms with Gasteiger partial charge in [0.2, 0.25) is 0 Å². The van der Waals surface area contributed by atoms with Gasteiger partial charge >= 0.3 is 0 Å². The number of hydrogen-bond acceptors (Lipinski definition) is 4. The van der Waals surface area contributed by atoms with Crippen LogP contribution >= 0.6 is 46.4 Å². The summed E-state index contributed by atoms with van der Waals surface area (Å²) in [6.07, 6.45) is 4.74. The summed E-state index contributed by atoms with van der Waals surface area (Å²) in [5.74, 6) is 0.848. The molecule has 0 N–H and O–H groups in total. The van der Waals surface area contributed by atoms with Crippen molar-refractivity contribution >= 4 is 52.6 Å². The van der Waals surface area contributed by atoms with Gasteiger partial charge in [-0.2, -0.15) is 0 Å². The Balaban J connectivity index is 2.01. The highest BCUT2D eigenvalue weighted by Crippen LogP contribution is 2.37. The minimum absolute atomic E-state index is 0.122. The molecule has 0 bridgehead atoms. The molecule has 2 aromatic carbocycles. The Kier molecular flexibility index (Phi) is 9.51. The topological polar surface area (TPSA) is 40.0 Å². The van der Waals surface area contributed by atoms with Crippen LogP contribution in [0.4, 0.5) is 0 Å². The summed E-state index contributed by atoms with van der Waals surface area (Å²) in [4.78, 5) is 4.99. The summed E-state index contributed by atoms with van der Waals surface area (Å²) in [6, 6.07) is 10.9. The molecule has 0 atom stereocenters. The quantitative estimate of drug-likeness (QED) is 0.169. The third kappa shape index (κ3) is 7.64. The minimum atomic E-state index is 0.122. The Labute approximate surface area is 183 Å². The molecule has 0 aliphatic rings. The summed E-state index contributed by atoms with van der Waals surface area (Å²) in [7, 11) is 0. The molecule has 0 spiro atoms. The Morgan fingerprint density at radius 2 is 1.79 bits per heavy atom. The first kappa shape index (κ1) is 22.4. The second kappa shape index (κ2) is 11.9. The summed E-state index contributed by atoms with van der Waals surface area (Å²) >= 11 is 23.6. The number of rotatable bonds is 10. The molecule has 8 heteroatoms. The van der Waals surface area contributed by atoms with Gasteiger partial charge in [0.25, 0.3) is 0 Å². The molecule has 0 saturated carbocycles. The molecule has 0 saturated heterocycles. The SMILES string of the molecule is C=CCON=Cc1cccc(COc2c(Cl)cc(OCC=C(Cl)Cl)cc2Cl)c1. The molecule has 0 fully saturated rings. The second-order valence-electron chi connectivity index (χ2n) is 5.37. The number of hydrogen-bond donors (Lipinski definition) is 0. The molecule has 0 heterocycles. The van der Waals surface area contributed by atoms with Gasteiger partial charge in [0.05, 0.1) is 16.3 Å². The van der Waals surface area contributed by atoms with Crippen molar-refractivity contribution < 1.29 is 14.3 Å². The van der Waals surface area contributed by atoms with E-state index in [0.717, 1.165) is 11.1 Å². The number of ether oxygens (including phenoxy) is 2. The summed E-state index contributed by atoms with van der Waals surface area (Å²) in [5, 5.41) is 4.51. The Bertz CT molecular complexity index is 841. The van der Waals surface area contributed by atoms with Crippen LogP contribution in [0.25, 0.3) is 0 Å². The number of halogens is 4. The van der Waals surface area contributed by atoms with Gasteiger partial charge in [0.1, 0.15) is 30.1 Å². The van der Waals surface area contributed by atoms with Gasteiger partial charge in [0.15, 0.2) is 5.75 Å². The molecule has 0 radical (unpaired) electrons. The van der Waals surface area contributed by atoms with Crippen LogP contribution in [-0.2, 0) is 11.4 Å². The minimum Gasteiger partial charge on any atom is -0.489 e. The lowest BCUT2D eigenvalue weighted by molar-refractivity contribution is 0.176. The van der Waals surface area contributed by atoms with Crippen LogP contribution in [0, 0.1) is 0 Å². The highest BCUT2D eigenvalue weighted by molar-refractivity contribution is 6.55. The Morgan fingerprint density at radius 3 is 2.46 bits per heavy atom. The average Bonchev–Trinajstić information content (AvgIpc) is 2.65. The van der Waals surface area contributed by atoms with Gasteiger partial charge in [-0.05, 0) is 23.3 Å². The third-order valence-electron chi connectivity index (χ3n) is 3.26. The van der Waals surface area contributed by atoms with E-state index in [9.17, 15) is 0 Å². The first-order chi connectivity index (χ1) is 13.5. The van der Waals surface area contributed by atoms with E-state index >= 15 is 0 Å². The molecule has 0 aliphatic carbocycles. The highest BCUT2D eigenvalue weighted by atomic mass is 35.5. The molecular weight excluding hydrogens is 444 g/mol. The fourth-order valence-electron chi connectivity index (χ4n) is 2.07. The van der Waals surface area contributed by atoms with Crippen molar-refractivity contribution in [2.45, 2.75) is 6.61 Å². The van der Waals surface area contributed by atoms with Gasteiger partial charge in [0, 0.05) is 12.1 Å². The van der Waals surface area contributed by atoms with Gasteiger partial charge in [-0.3, -0.25) is 0 Å². The molecule has 0 amide bonds. The Morgan fingerprint density at radius 1 is 1.04 bits per heavy atom. The first-order valence-electron chi connectivity index (χ1n) is 8.10. The maximum Gasteiger partial charge on any atom is 0.157 e. The van der Waals surface area contributed by atoms with Gasteiger partial charge < -0.3 is 14.3 Å². The standard InChI is InChI=1S/C20H17Cl4NO3/c1-2-7-28-25-12-14-4-3-5-15(9-14)13-27-20-17(21)10-16(11-18(20)22)26-8-6-19(23)24/h2-6,9-12H,1,7-8,13H2. The molecule has 0 aromatic heterocycles. The Hall–Kier alpha value is -1.85. The average molecular weight is 461 g/mol.